The molecule has 0 aliphatic rings. The van der Waals surface area contributed by atoms with E-state index in [2.05, 4.69) is 19.2 Å². The minimum absolute atomic E-state index is 0.00848. The van der Waals surface area contributed by atoms with Crippen LogP contribution in [0.4, 0.5) is 0 Å². The summed E-state index contributed by atoms with van der Waals surface area (Å²) in [6.45, 7) is 7.49. The molecule has 0 radical (unpaired) electrons. The number of aliphatic hydroxyl groups excluding tert-OH is 1. The van der Waals surface area contributed by atoms with Crippen LogP contribution in [0.5, 0.6) is 0 Å². The van der Waals surface area contributed by atoms with Gasteiger partial charge in [-0.3, -0.25) is 9.69 Å². The van der Waals surface area contributed by atoms with Gasteiger partial charge in [-0.05, 0) is 26.3 Å². The van der Waals surface area contributed by atoms with Crippen molar-refractivity contribution in [3.8, 4) is 0 Å². The fourth-order valence-electron chi connectivity index (χ4n) is 2.14. The van der Waals surface area contributed by atoms with Gasteiger partial charge in [-0.15, -0.1) is 0 Å². The van der Waals surface area contributed by atoms with Gasteiger partial charge in [0.1, 0.15) is 0 Å². The van der Waals surface area contributed by atoms with Crippen molar-refractivity contribution in [2.45, 2.75) is 52.2 Å². The molecule has 0 rings (SSSR count). The number of ether oxygens (including phenoxy) is 1. The number of likely N-dealkylation sites (N-methyl/N-ethyl adjacent to an activating group) is 1. The Morgan fingerprint density at radius 3 is 2.50 bits per heavy atom. The summed E-state index contributed by atoms with van der Waals surface area (Å²) in [4.78, 5) is 13.6. The van der Waals surface area contributed by atoms with E-state index < -0.39 is 6.10 Å². The molecular formula is C15H32N2O3. The Bertz CT molecular complexity index is 260. The van der Waals surface area contributed by atoms with E-state index in [-0.39, 0.29) is 18.6 Å². The van der Waals surface area contributed by atoms with Gasteiger partial charge in [0.05, 0.1) is 19.3 Å². The molecule has 0 fully saturated rings. The van der Waals surface area contributed by atoms with E-state index in [0.717, 1.165) is 12.8 Å². The minimum Gasteiger partial charge on any atom is -0.389 e. The van der Waals surface area contributed by atoms with Crippen LogP contribution in [0, 0.1) is 5.92 Å². The maximum absolute atomic E-state index is 11.8. The molecular weight excluding hydrogens is 256 g/mol. The molecule has 0 saturated heterocycles. The van der Waals surface area contributed by atoms with E-state index in [1.807, 2.05) is 14.0 Å². The smallest absolute Gasteiger partial charge is 0.234 e. The zero-order valence-electron chi connectivity index (χ0n) is 13.7. The van der Waals surface area contributed by atoms with Crippen LogP contribution in [0.2, 0.25) is 0 Å². The maximum atomic E-state index is 11.8. The second-order valence-electron chi connectivity index (χ2n) is 6.10. The molecule has 5 heteroatoms. The summed E-state index contributed by atoms with van der Waals surface area (Å²) in [6, 6.07) is 0.207. The lowest BCUT2D eigenvalue weighted by atomic mass is 10.0. The monoisotopic (exact) mass is 288 g/mol. The summed E-state index contributed by atoms with van der Waals surface area (Å²) in [7, 11) is 3.37. The van der Waals surface area contributed by atoms with Gasteiger partial charge in [0.15, 0.2) is 0 Å². The average molecular weight is 288 g/mol. The standard InChI is InChI=1S/C15H32N2O3/c1-12(2)7-6-8-13(3)16-15(19)10-17(4)9-14(18)11-20-5/h12-14,18H,6-11H2,1-5H3,(H,16,19). The van der Waals surface area contributed by atoms with Crippen LogP contribution in [0.3, 0.4) is 0 Å². The molecule has 5 nitrogen and oxygen atoms in total. The molecule has 0 aliphatic heterocycles. The van der Waals surface area contributed by atoms with Crippen LogP contribution in [0.1, 0.15) is 40.0 Å². The quantitative estimate of drug-likeness (QED) is 0.601. The second-order valence-corrected chi connectivity index (χ2v) is 6.10. The van der Waals surface area contributed by atoms with Crippen molar-refractivity contribution >= 4 is 5.91 Å². The number of hydrogen-bond donors (Lipinski definition) is 2. The molecule has 20 heavy (non-hydrogen) atoms. The van der Waals surface area contributed by atoms with Crippen molar-refractivity contribution in [2.75, 3.05) is 33.9 Å². The van der Waals surface area contributed by atoms with E-state index in [1.54, 1.807) is 12.0 Å². The van der Waals surface area contributed by atoms with E-state index in [9.17, 15) is 9.90 Å². The lowest BCUT2D eigenvalue weighted by Gasteiger charge is -2.21. The molecule has 0 saturated carbocycles. The molecule has 0 aromatic heterocycles. The largest absolute Gasteiger partial charge is 0.389 e. The van der Waals surface area contributed by atoms with Crippen LogP contribution in [-0.4, -0.2) is 61.9 Å². The third kappa shape index (κ3) is 11.2. The molecule has 0 heterocycles. The highest BCUT2D eigenvalue weighted by Crippen LogP contribution is 2.08. The van der Waals surface area contributed by atoms with Crippen LogP contribution >= 0.6 is 0 Å². The fraction of sp³-hybridized carbons (Fsp3) is 0.933. The second kappa shape index (κ2) is 11.1. The Morgan fingerprint density at radius 2 is 1.95 bits per heavy atom. The number of methoxy groups -OCH3 is 1. The summed E-state index contributed by atoms with van der Waals surface area (Å²) in [5.74, 6) is 0.723. The first-order chi connectivity index (χ1) is 9.35. The molecule has 2 atom stereocenters. The van der Waals surface area contributed by atoms with E-state index >= 15 is 0 Å². The number of rotatable bonds is 11. The van der Waals surface area contributed by atoms with Crippen molar-refractivity contribution in [1.29, 1.82) is 0 Å². The van der Waals surface area contributed by atoms with Crippen molar-refractivity contribution in [1.82, 2.24) is 10.2 Å². The summed E-state index contributed by atoms with van der Waals surface area (Å²) in [6.07, 6.45) is 2.80. The zero-order valence-corrected chi connectivity index (χ0v) is 13.7. The number of nitrogens with one attached hydrogen (secondary N) is 1. The van der Waals surface area contributed by atoms with Gasteiger partial charge in [-0.2, -0.15) is 0 Å². The first-order valence-electron chi connectivity index (χ1n) is 7.50. The number of carbonyl (C=O) groups excluding carboxylic acids is 1. The zero-order chi connectivity index (χ0) is 15.5. The van der Waals surface area contributed by atoms with E-state index in [1.165, 1.54) is 6.42 Å². The SMILES string of the molecule is COCC(O)CN(C)CC(=O)NC(C)CCCC(C)C. The number of hydrogen-bond acceptors (Lipinski definition) is 4. The van der Waals surface area contributed by atoms with Gasteiger partial charge in [0.25, 0.3) is 0 Å². The van der Waals surface area contributed by atoms with Gasteiger partial charge < -0.3 is 15.2 Å². The van der Waals surface area contributed by atoms with Crippen LogP contribution in [0.25, 0.3) is 0 Å². The lowest BCUT2D eigenvalue weighted by molar-refractivity contribution is -0.122. The number of amides is 1. The third-order valence-corrected chi connectivity index (χ3v) is 3.12. The molecule has 1 amide bonds. The molecule has 2 unspecified atom stereocenters. The first kappa shape index (κ1) is 19.4. The van der Waals surface area contributed by atoms with Crippen LogP contribution in [-0.2, 0) is 9.53 Å². The van der Waals surface area contributed by atoms with E-state index in [0.29, 0.717) is 19.0 Å². The predicted octanol–water partition coefficient (Wildman–Crippen LogP) is 1.26. The summed E-state index contributed by atoms with van der Waals surface area (Å²) in [5, 5.41) is 12.6. The molecule has 120 valence electrons. The highest BCUT2D eigenvalue weighted by Gasteiger charge is 2.13. The molecule has 0 aliphatic carbocycles. The van der Waals surface area contributed by atoms with Crippen LogP contribution < -0.4 is 5.32 Å². The topological polar surface area (TPSA) is 61.8 Å². The fourth-order valence-corrected chi connectivity index (χ4v) is 2.14. The average Bonchev–Trinajstić information content (AvgIpc) is 2.27. The Morgan fingerprint density at radius 1 is 1.30 bits per heavy atom. The highest BCUT2D eigenvalue weighted by atomic mass is 16.5. The number of nitrogens with zero attached hydrogens (tertiary/aromatic N) is 1. The number of carbonyl (C=O) groups is 1. The molecule has 2 N–H and O–H groups in total. The van der Waals surface area contributed by atoms with Gasteiger partial charge in [-0.25, -0.2) is 0 Å². The first-order valence-corrected chi connectivity index (χ1v) is 7.50. The Balaban J connectivity index is 3.80. The van der Waals surface area contributed by atoms with Crippen molar-refractivity contribution in [3.05, 3.63) is 0 Å². The summed E-state index contributed by atoms with van der Waals surface area (Å²) < 4.78 is 4.86. The normalized spacial score (nSPS) is 14.6. The summed E-state index contributed by atoms with van der Waals surface area (Å²) in [5.41, 5.74) is 0. The van der Waals surface area contributed by atoms with Gasteiger partial charge in [-0.1, -0.05) is 26.7 Å². The molecule has 0 spiro atoms. The Kier molecular flexibility index (Phi) is 10.7. The summed E-state index contributed by atoms with van der Waals surface area (Å²) >= 11 is 0. The molecule has 0 bridgehead atoms. The van der Waals surface area contributed by atoms with Crippen molar-refractivity contribution < 1.29 is 14.6 Å². The Labute approximate surface area is 123 Å². The third-order valence-electron chi connectivity index (χ3n) is 3.12. The lowest BCUT2D eigenvalue weighted by Crippen LogP contribution is -2.42. The number of aliphatic hydroxyl groups is 1. The van der Waals surface area contributed by atoms with Gasteiger partial charge >= 0.3 is 0 Å². The van der Waals surface area contributed by atoms with E-state index in [4.69, 9.17) is 4.74 Å². The van der Waals surface area contributed by atoms with Gasteiger partial charge in [0, 0.05) is 19.7 Å². The highest BCUT2D eigenvalue weighted by molar-refractivity contribution is 5.78. The van der Waals surface area contributed by atoms with Crippen LogP contribution in [0.15, 0.2) is 0 Å². The molecule has 0 aromatic rings. The maximum Gasteiger partial charge on any atom is 0.234 e. The predicted molar refractivity (Wildman–Crippen MR) is 81.7 cm³/mol. The minimum atomic E-state index is -0.554. The van der Waals surface area contributed by atoms with Crippen molar-refractivity contribution in [2.24, 2.45) is 5.92 Å². The van der Waals surface area contributed by atoms with Crippen molar-refractivity contribution in [3.63, 3.8) is 0 Å². The van der Waals surface area contributed by atoms with Gasteiger partial charge in [0.2, 0.25) is 5.91 Å². The Hall–Kier alpha value is -0.650. The molecule has 0 aromatic carbocycles.